The topological polar surface area (TPSA) is 108 Å². The Balaban J connectivity index is 1.58. The van der Waals surface area contributed by atoms with E-state index in [0.717, 1.165) is 5.56 Å². The summed E-state index contributed by atoms with van der Waals surface area (Å²) >= 11 is 0. The second-order valence-electron chi connectivity index (χ2n) is 7.80. The molecule has 0 heterocycles. The van der Waals surface area contributed by atoms with Gasteiger partial charge in [-0.25, -0.2) is 13.1 Å². The van der Waals surface area contributed by atoms with Crippen molar-refractivity contribution in [1.29, 1.82) is 5.26 Å². The van der Waals surface area contributed by atoms with Gasteiger partial charge in [0.25, 0.3) is 0 Å². The number of nitriles is 1. The number of anilines is 1. The highest BCUT2D eigenvalue weighted by atomic mass is 32.2. The molecule has 0 saturated carbocycles. The van der Waals surface area contributed by atoms with Crippen LogP contribution in [0.5, 0.6) is 5.75 Å². The van der Waals surface area contributed by atoms with Crippen molar-refractivity contribution in [3.05, 3.63) is 95.6 Å². The molecule has 2 N–H and O–H groups in total. The lowest BCUT2D eigenvalue weighted by Gasteiger charge is -2.09. The first-order valence-corrected chi connectivity index (χ1v) is 12.1. The molecule has 174 valence electrons. The summed E-state index contributed by atoms with van der Waals surface area (Å²) in [4.78, 5) is 12.5. The SMILES string of the molecule is CC(C)NS(=O)(=O)c1ccc(/C=C/C(=O)Nc2cccc(OCc3cccc(C#N)c3)c2)cc1. The van der Waals surface area contributed by atoms with Crippen LogP contribution in [0.25, 0.3) is 6.08 Å². The Kier molecular flexibility index (Phi) is 8.19. The summed E-state index contributed by atoms with van der Waals surface area (Å²) in [6.45, 7) is 3.80. The number of ether oxygens (including phenoxy) is 1. The maximum Gasteiger partial charge on any atom is 0.248 e. The highest BCUT2D eigenvalue weighted by molar-refractivity contribution is 7.89. The van der Waals surface area contributed by atoms with Gasteiger partial charge < -0.3 is 10.1 Å². The fraction of sp³-hybridized carbons (Fsp3) is 0.154. The van der Waals surface area contributed by atoms with Gasteiger partial charge in [0, 0.05) is 23.9 Å². The van der Waals surface area contributed by atoms with E-state index >= 15 is 0 Å². The normalized spacial score (nSPS) is 11.4. The van der Waals surface area contributed by atoms with Gasteiger partial charge in [-0.1, -0.05) is 30.3 Å². The van der Waals surface area contributed by atoms with E-state index in [0.29, 0.717) is 29.2 Å². The smallest absolute Gasteiger partial charge is 0.248 e. The van der Waals surface area contributed by atoms with Crippen molar-refractivity contribution < 1.29 is 17.9 Å². The Morgan fingerprint density at radius 2 is 1.79 bits per heavy atom. The highest BCUT2D eigenvalue weighted by Gasteiger charge is 2.14. The maximum absolute atomic E-state index is 12.3. The van der Waals surface area contributed by atoms with Crippen LogP contribution in [0.2, 0.25) is 0 Å². The van der Waals surface area contributed by atoms with E-state index < -0.39 is 10.0 Å². The largest absolute Gasteiger partial charge is 0.489 e. The van der Waals surface area contributed by atoms with Gasteiger partial charge in [0.2, 0.25) is 15.9 Å². The lowest BCUT2D eigenvalue weighted by Crippen LogP contribution is -2.30. The highest BCUT2D eigenvalue weighted by Crippen LogP contribution is 2.19. The first-order chi connectivity index (χ1) is 16.2. The molecule has 0 saturated heterocycles. The summed E-state index contributed by atoms with van der Waals surface area (Å²) in [7, 11) is -3.56. The van der Waals surface area contributed by atoms with E-state index in [1.165, 1.54) is 18.2 Å². The maximum atomic E-state index is 12.3. The molecule has 34 heavy (non-hydrogen) atoms. The molecule has 0 aliphatic heterocycles. The summed E-state index contributed by atoms with van der Waals surface area (Å²) < 4.78 is 32.7. The van der Waals surface area contributed by atoms with Crippen LogP contribution >= 0.6 is 0 Å². The number of carbonyl (C=O) groups excluding carboxylic acids is 1. The number of rotatable bonds is 9. The fourth-order valence-corrected chi connectivity index (χ4v) is 4.30. The van der Waals surface area contributed by atoms with Gasteiger partial charge >= 0.3 is 0 Å². The van der Waals surface area contributed by atoms with Gasteiger partial charge in [0.15, 0.2) is 0 Å². The quantitative estimate of drug-likeness (QED) is 0.444. The molecule has 0 aliphatic rings. The molecule has 3 rings (SSSR count). The monoisotopic (exact) mass is 475 g/mol. The molecule has 0 atom stereocenters. The zero-order valence-corrected chi connectivity index (χ0v) is 19.7. The minimum absolute atomic E-state index is 0.166. The standard InChI is InChI=1S/C26H25N3O4S/c1-19(2)29-34(31,32)25-12-9-20(10-13-25)11-14-26(30)28-23-7-4-8-24(16-23)33-18-22-6-3-5-21(15-22)17-27/h3-16,19,29H,18H2,1-2H3,(H,28,30)/b14-11+. The van der Waals surface area contributed by atoms with Gasteiger partial charge in [0.1, 0.15) is 12.4 Å². The number of nitrogens with one attached hydrogen (secondary N) is 2. The van der Waals surface area contributed by atoms with Gasteiger partial charge in [0.05, 0.1) is 16.5 Å². The van der Waals surface area contributed by atoms with Gasteiger partial charge in [-0.05, 0) is 67.4 Å². The molecule has 1 amide bonds. The average molecular weight is 476 g/mol. The molecular weight excluding hydrogens is 450 g/mol. The van der Waals surface area contributed by atoms with Crippen LogP contribution < -0.4 is 14.8 Å². The Labute approximate surface area is 199 Å². The van der Waals surface area contributed by atoms with E-state index in [4.69, 9.17) is 10.00 Å². The van der Waals surface area contributed by atoms with Crippen LogP contribution in [-0.2, 0) is 21.4 Å². The van der Waals surface area contributed by atoms with Crippen LogP contribution in [0.4, 0.5) is 5.69 Å². The summed E-state index contributed by atoms with van der Waals surface area (Å²) in [5.74, 6) is 0.244. The molecule has 0 radical (unpaired) electrons. The van der Waals surface area contributed by atoms with Crippen molar-refractivity contribution in [3.63, 3.8) is 0 Å². The first kappa shape index (κ1) is 24.7. The third kappa shape index (κ3) is 7.30. The van der Waals surface area contributed by atoms with Crippen LogP contribution in [0.1, 0.15) is 30.5 Å². The van der Waals surface area contributed by atoms with E-state index in [2.05, 4.69) is 16.1 Å². The molecule has 0 aliphatic carbocycles. The van der Waals surface area contributed by atoms with Gasteiger partial charge in [-0.2, -0.15) is 5.26 Å². The van der Waals surface area contributed by atoms with Gasteiger partial charge in [-0.15, -0.1) is 0 Å². The zero-order valence-electron chi connectivity index (χ0n) is 18.9. The molecule has 0 bridgehead atoms. The lowest BCUT2D eigenvalue weighted by molar-refractivity contribution is -0.111. The van der Waals surface area contributed by atoms with Crippen molar-refractivity contribution in [2.45, 2.75) is 31.4 Å². The molecule has 0 spiro atoms. The number of amides is 1. The summed E-state index contributed by atoms with van der Waals surface area (Å²) in [6, 6.07) is 22.3. The summed E-state index contributed by atoms with van der Waals surface area (Å²) in [6.07, 6.45) is 2.97. The molecule has 8 heteroatoms. The molecule has 0 fully saturated rings. The van der Waals surface area contributed by atoms with Gasteiger partial charge in [-0.3, -0.25) is 4.79 Å². The second-order valence-corrected chi connectivity index (χ2v) is 9.51. The zero-order chi connectivity index (χ0) is 24.6. The third-order valence-corrected chi connectivity index (χ3v) is 6.25. The van der Waals surface area contributed by atoms with Crippen LogP contribution in [0, 0.1) is 11.3 Å². The molecule has 3 aromatic rings. The van der Waals surface area contributed by atoms with E-state index in [1.54, 1.807) is 74.5 Å². The Hall–Kier alpha value is -3.93. The molecular formula is C26H25N3O4S. The number of hydrogen-bond acceptors (Lipinski definition) is 5. The number of hydrogen-bond donors (Lipinski definition) is 2. The Morgan fingerprint density at radius 3 is 2.50 bits per heavy atom. The van der Waals surface area contributed by atoms with Crippen molar-refractivity contribution in [2.24, 2.45) is 0 Å². The lowest BCUT2D eigenvalue weighted by atomic mass is 10.1. The number of benzene rings is 3. The van der Waals surface area contributed by atoms with Crippen molar-refractivity contribution in [1.82, 2.24) is 4.72 Å². The summed E-state index contributed by atoms with van der Waals surface area (Å²) in [5.41, 5.74) is 2.70. The van der Waals surface area contributed by atoms with E-state index in [1.807, 2.05) is 6.07 Å². The van der Waals surface area contributed by atoms with E-state index in [9.17, 15) is 13.2 Å². The summed E-state index contributed by atoms with van der Waals surface area (Å²) in [5, 5.41) is 11.8. The number of carbonyl (C=O) groups is 1. The average Bonchev–Trinajstić information content (AvgIpc) is 2.81. The number of sulfonamides is 1. The predicted octanol–water partition coefficient (Wildman–Crippen LogP) is 4.48. The van der Waals surface area contributed by atoms with E-state index in [-0.39, 0.29) is 16.8 Å². The van der Waals surface area contributed by atoms with Crippen molar-refractivity contribution in [2.75, 3.05) is 5.32 Å². The second kappa shape index (κ2) is 11.3. The Bertz CT molecular complexity index is 1320. The molecule has 0 aromatic heterocycles. The molecule has 3 aromatic carbocycles. The Morgan fingerprint density at radius 1 is 1.06 bits per heavy atom. The van der Waals surface area contributed by atoms with Crippen molar-refractivity contribution >= 4 is 27.7 Å². The fourth-order valence-electron chi connectivity index (χ4n) is 3.05. The molecule has 7 nitrogen and oxygen atoms in total. The van der Waals surface area contributed by atoms with Crippen LogP contribution in [0.3, 0.4) is 0 Å². The first-order valence-electron chi connectivity index (χ1n) is 10.6. The number of nitrogens with zero attached hydrogens (tertiary/aromatic N) is 1. The minimum Gasteiger partial charge on any atom is -0.489 e. The van der Waals surface area contributed by atoms with Crippen molar-refractivity contribution in [3.8, 4) is 11.8 Å². The predicted molar refractivity (Wildman–Crippen MR) is 131 cm³/mol. The minimum atomic E-state index is -3.56. The van der Waals surface area contributed by atoms with Crippen LogP contribution in [0.15, 0.2) is 83.8 Å². The van der Waals surface area contributed by atoms with Crippen LogP contribution in [-0.4, -0.2) is 20.4 Å². The third-order valence-electron chi connectivity index (χ3n) is 4.57. The molecule has 0 unspecified atom stereocenters.